The number of carbonyl (C=O) groups is 1. The zero-order valence-corrected chi connectivity index (χ0v) is 7.53. The van der Waals surface area contributed by atoms with Crippen molar-refractivity contribution in [3.63, 3.8) is 0 Å². The minimum Gasteiger partial charge on any atom is -0.379 e. The van der Waals surface area contributed by atoms with Crippen LogP contribution in [0.15, 0.2) is 30.3 Å². The Morgan fingerprint density at radius 2 is 2.08 bits per heavy atom. The van der Waals surface area contributed by atoms with E-state index in [0.29, 0.717) is 5.56 Å². The van der Waals surface area contributed by atoms with Crippen LogP contribution >= 0.6 is 0 Å². The summed E-state index contributed by atoms with van der Waals surface area (Å²) in [4.78, 5) is 11.4. The summed E-state index contributed by atoms with van der Waals surface area (Å²) in [5.41, 5.74) is 0.663. The van der Waals surface area contributed by atoms with E-state index in [1.165, 1.54) is 0 Å². The van der Waals surface area contributed by atoms with E-state index in [2.05, 4.69) is 5.32 Å². The van der Waals surface area contributed by atoms with Crippen LogP contribution in [0.3, 0.4) is 0 Å². The predicted molar refractivity (Wildman–Crippen MR) is 50.5 cm³/mol. The number of carbonyl (C=O) groups excluding carboxylic acids is 1. The summed E-state index contributed by atoms with van der Waals surface area (Å²) < 4.78 is 0. The third kappa shape index (κ3) is 3.36. The van der Waals surface area contributed by atoms with E-state index in [1.807, 2.05) is 18.2 Å². The maximum absolute atomic E-state index is 11.4. The van der Waals surface area contributed by atoms with E-state index in [1.54, 1.807) is 19.1 Å². The zero-order valence-electron chi connectivity index (χ0n) is 7.53. The summed E-state index contributed by atoms with van der Waals surface area (Å²) in [5.74, 6) is -0.0125. The van der Waals surface area contributed by atoms with Crippen LogP contribution in [0.4, 0.5) is 0 Å². The molecule has 0 saturated heterocycles. The van der Waals surface area contributed by atoms with Gasteiger partial charge in [-0.3, -0.25) is 10.1 Å². The van der Waals surface area contributed by atoms with Crippen LogP contribution in [0.1, 0.15) is 17.3 Å². The zero-order chi connectivity index (χ0) is 9.68. The van der Waals surface area contributed by atoms with Crippen molar-refractivity contribution in [3.05, 3.63) is 35.9 Å². The molecule has 1 unspecified atom stereocenters. The molecule has 0 aliphatic carbocycles. The van der Waals surface area contributed by atoms with Gasteiger partial charge in [-0.2, -0.15) is 0 Å². The molecule has 0 spiro atoms. The van der Waals surface area contributed by atoms with Crippen LogP contribution in [-0.2, 0) is 0 Å². The lowest BCUT2D eigenvalue weighted by molar-refractivity contribution is 0.0943. The number of aliphatic hydroxyl groups is 1. The minimum absolute atomic E-state index is 0.0125. The lowest BCUT2D eigenvalue weighted by Gasteiger charge is -2.05. The van der Waals surface area contributed by atoms with Crippen molar-refractivity contribution >= 4 is 5.78 Å². The Labute approximate surface area is 77.4 Å². The van der Waals surface area contributed by atoms with Gasteiger partial charge in [0.05, 0.1) is 6.54 Å². The fourth-order valence-corrected chi connectivity index (χ4v) is 0.967. The summed E-state index contributed by atoms with van der Waals surface area (Å²) in [6.45, 7) is 1.75. The van der Waals surface area contributed by atoms with Gasteiger partial charge in [-0.1, -0.05) is 30.3 Å². The van der Waals surface area contributed by atoms with Crippen LogP contribution in [0.5, 0.6) is 0 Å². The van der Waals surface area contributed by atoms with Gasteiger partial charge in [0.2, 0.25) is 0 Å². The Balaban J connectivity index is 2.50. The van der Waals surface area contributed by atoms with E-state index in [-0.39, 0.29) is 12.3 Å². The molecule has 2 N–H and O–H groups in total. The van der Waals surface area contributed by atoms with Crippen LogP contribution in [0.2, 0.25) is 0 Å². The largest absolute Gasteiger partial charge is 0.379 e. The van der Waals surface area contributed by atoms with Gasteiger partial charge in [0, 0.05) is 5.56 Å². The molecule has 1 aromatic rings. The first kappa shape index (κ1) is 9.89. The number of nitrogens with one attached hydrogen (secondary N) is 1. The molecular formula is C10H13NO2. The van der Waals surface area contributed by atoms with Crippen molar-refractivity contribution in [2.75, 3.05) is 6.54 Å². The molecule has 0 aromatic heterocycles. The quantitative estimate of drug-likeness (QED) is 0.531. The third-order valence-corrected chi connectivity index (χ3v) is 1.65. The summed E-state index contributed by atoms with van der Waals surface area (Å²) in [5, 5.41) is 11.5. The highest BCUT2D eigenvalue weighted by Gasteiger charge is 2.04. The lowest BCUT2D eigenvalue weighted by atomic mass is 10.1. The molecule has 3 nitrogen and oxygen atoms in total. The predicted octanol–water partition coefficient (Wildman–Crippen LogP) is 0.797. The van der Waals surface area contributed by atoms with Gasteiger partial charge in [0.15, 0.2) is 5.78 Å². The first-order chi connectivity index (χ1) is 6.20. The molecule has 0 aliphatic rings. The number of ketones is 1. The van der Waals surface area contributed by atoms with Crippen LogP contribution in [-0.4, -0.2) is 23.7 Å². The Morgan fingerprint density at radius 3 is 2.62 bits per heavy atom. The maximum atomic E-state index is 11.4. The summed E-state index contributed by atoms with van der Waals surface area (Å²) in [7, 11) is 0. The van der Waals surface area contributed by atoms with Crippen molar-refractivity contribution in [1.82, 2.24) is 5.32 Å². The summed E-state index contributed by atoms with van der Waals surface area (Å²) in [6.07, 6.45) is -0.646. The Morgan fingerprint density at radius 1 is 1.46 bits per heavy atom. The molecule has 3 heteroatoms. The number of benzene rings is 1. The molecule has 0 aliphatic heterocycles. The number of Topliss-reactive ketones (excluding diaryl/α,β-unsaturated/α-hetero) is 1. The third-order valence-electron chi connectivity index (χ3n) is 1.65. The fourth-order valence-electron chi connectivity index (χ4n) is 0.967. The first-order valence-corrected chi connectivity index (χ1v) is 4.20. The molecule has 1 rings (SSSR count). The average molecular weight is 179 g/mol. The number of rotatable bonds is 4. The number of hydrogen-bond donors (Lipinski definition) is 2. The standard InChI is InChI=1S/C10H13NO2/c1-8(12)11-7-10(13)9-5-3-2-4-6-9/h2-6,8,11-12H,7H2,1H3. The van der Waals surface area contributed by atoms with Gasteiger partial charge in [0.25, 0.3) is 0 Å². The molecule has 0 saturated carbocycles. The highest BCUT2D eigenvalue weighted by Crippen LogP contribution is 1.98. The van der Waals surface area contributed by atoms with Crippen molar-refractivity contribution in [3.8, 4) is 0 Å². The highest BCUT2D eigenvalue weighted by atomic mass is 16.3. The topological polar surface area (TPSA) is 49.3 Å². The van der Waals surface area contributed by atoms with Gasteiger partial charge >= 0.3 is 0 Å². The molecule has 1 atom stereocenters. The Hall–Kier alpha value is -1.19. The van der Waals surface area contributed by atoms with Crippen molar-refractivity contribution < 1.29 is 9.90 Å². The van der Waals surface area contributed by atoms with Crippen molar-refractivity contribution in [2.45, 2.75) is 13.2 Å². The van der Waals surface area contributed by atoms with Crippen LogP contribution in [0.25, 0.3) is 0 Å². The smallest absolute Gasteiger partial charge is 0.176 e. The Kier molecular flexibility index (Phi) is 3.61. The molecule has 0 heterocycles. The fraction of sp³-hybridized carbons (Fsp3) is 0.300. The van der Waals surface area contributed by atoms with E-state index in [4.69, 9.17) is 5.11 Å². The lowest BCUT2D eigenvalue weighted by Crippen LogP contribution is -2.30. The van der Waals surface area contributed by atoms with Gasteiger partial charge < -0.3 is 5.11 Å². The molecule has 70 valence electrons. The normalized spacial score (nSPS) is 12.5. The van der Waals surface area contributed by atoms with E-state index < -0.39 is 6.23 Å². The van der Waals surface area contributed by atoms with Gasteiger partial charge in [0.1, 0.15) is 6.23 Å². The van der Waals surface area contributed by atoms with E-state index >= 15 is 0 Å². The monoisotopic (exact) mass is 179 g/mol. The van der Waals surface area contributed by atoms with E-state index in [9.17, 15) is 4.79 Å². The van der Waals surface area contributed by atoms with Crippen molar-refractivity contribution in [2.24, 2.45) is 0 Å². The summed E-state index contributed by atoms with van der Waals surface area (Å²) >= 11 is 0. The SMILES string of the molecule is CC(O)NCC(=O)c1ccccc1. The number of aliphatic hydroxyl groups excluding tert-OH is 1. The average Bonchev–Trinajstić information content (AvgIpc) is 2.15. The molecule has 13 heavy (non-hydrogen) atoms. The molecule has 1 aromatic carbocycles. The van der Waals surface area contributed by atoms with Gasteiger partial charge in [-0.15, -0.1) is 0 Å². The number of hydrogen-bond acceptors (Lipinski definition) is 3. The van der Waals surface area contributed by atoms with Gasteiger partial charge in [-0.05, 0) is 6.92 Å². The molecular weight excluding hydrogens is 166 g/mol. The molecule has 0 amide bonds. The Bertz CT molecular complexity index is 270. The second-order valence-corrected chi connectivity index (χ2v) is 2.85. The van der Waals surface area contributed by atoms with Crippen molar-refractivity contribution in [1.29, 1.82) is 0 Å². The highest BCUT2D eigenvalue weighted by molar-refractivity contribution is 5.97. The van der Waals surface area contributed by atoms with Crippen LogP contribution < -0.4 is 5.32 Å². The minimum atomic E-state index is -0.646. The molecule has 0 radical (unpaired) electrons. The maximum Gasteiger partial charge on any atom is 0.176 e. The second kappa shape index (κ2) is 4.74. The van der Waals surface area contributed by atoms with Gasteiger partial charge in [-0.25, -0.2) is 0 Å². The van der Waals surface area contributed by atoms with E-state index in [0.717, 1.165) is 0 Å². The van der Waals surface area contributed by atoms with Crippen LogP contribution in [0, 0.1) is 0 Å². The first-order valence-electron chi connectivity index (χ1n) is 4.20. The summed E-state index contributed by atoms with van der Waals surface area (Å²) in [6, 6.07) is 9.00. The molecule has 0 bridgehead atoms. The second-order valence-electron chi connectivity index (χ2n) is 2.85. The molecule has 0 fully saturated rings.